The zero-order valence-corrected chi connectivity index (χ0v) is 16.2. The number of nitrogens with one attached hydrogen (secondary N) is 1. The van der Waals surface area contributed by atoms with Gasteiger partial charge in [0.2, 0.25) is 11.6 Å². The van der Waals surface area contributed by atoms with E-state index in [9.17, 15) is 4.79 Å². The van der Waals surface area contributed by atoms with Crippen molar-refractivity contribution in [3.05, 3.63) is 53.7 Å². The highest BCUT2D eigenvalue weighted by molar-refractivity contribution is 5.76. The van der Waals surface area contributed by atoms with Crippen LogP contribution in [0.2, 0.25) is 0 Å². The van der Waals surface area contributed by atoms with Gasteiger partial charge in [-0.1, -0.05) is 24.3 Å². The van der Waals surface area contributed by atoms with Crippen LogP contribution in [0, 0.1) is 12.8 Å². The van der Waals surface area contributed by atoms with Crippen LogP contribution in [0.25, 0.3) is 11.2 Å². The molecule has 28 heavy (non-hydrogen) atoms. The SMILES string of the molecule is Cc1ccccc1CCNC(=O)CC1CCCN(c2nc3ncccc3o2)C1. The smallest absolute Gasteiger partial charge is 0.299 e. The largest absolute Gasteiger partial charge is 0.422 e. The maximum Gasteiger partial charge on any atom is 0.299 e. The summed E-state index contributed by atoms with van der Waals surface area (Å²) in [4.78, 5) is 23.2. The summed E-state index contributed by atoms with van der Waals surface area (Å²) in [6.07, 6.45) is 5.22. The van der Waals surface area contributed by atoms with Crippen LogP contribution in [0.5, 0.6) is 0 Å². The van der Waals surface area contributed by atoms with E-state index in [1.54, 1.807) is 6.20 Å². The predicted molar refractivity (Wildman–Crippen MR) is 109 cm³/mol. The van der Waals surface area contributed by atoms with Crippen molar-refractivity contribution >= 4 is 23.2 Å². The van der Waals surface area contributed by atoms with E-state index >= 15 is 0 Å². The van der Waals surface area contributed by atoms with Gasteiger partial charge < -0.3 is 14.6 Å². The number of aryl methyl sites for hydroxylation is 1. The van der Waals surface area contributed by atoms with Crippen molar-refractivity contribution in [3.8, 4) is 0 Å². The highest BCUT2D eigenvalue weighted by Gasteiger charge is 2.25. The molecule has 146 valence electrons. The van der Waals surface area contributed by atoms with Crippen LogP contribution < -0.4 is 10.2 Å². The quantitative estimate of drug-likeness (QED) is 0.711. The maximum absolute atomic E-state index is 12.4. The minimum atomic E-state index is 0.125. The fraction of sp³-hybridized carbons (Fsp3) is 0.409. The molecule has 1 aliphatic rings. The van der Waals surface area contributed by atoms with Gasteiger partial charge in [0, 0.05) is 32.3 Å². The molecule has 0 aliphatic carbocycles. The van der Waals surface area contributed by atoms with Crippen molar-refractivity contribution in [1.82, 2.24) is 15.3 Å². The standard InChI is InChI=1S/C22H26N4O2/c1-16-6-2-3-8-18(16)10-12-23-20(27)14-17-7-5-13-26(15-17)22-25-21-19(28-22)9-4-11-24-21/h2-4,6,8-9,11,17H,5,7,10,12-15H2,1H3,(H,23,27). The molecule has 1 amide bonds. The van der Waals surface area contributed by atoms with Gasteiger partial charge in [0.05, 0.1) is 0 Å². The van der Waals surface area contributed by atoms with Gasteiger partial charge in [0.25, 0.3) is 6.01 Å². The summed E-state index contributed by atoms with van der Waals surface area (Å²) in [6, 6.07) is 12.6. The topological polar surface area (TPSA) is 71.3 Å². The molecule has 1 saturated heterocycles. The summed E-state index contributed by atoms with van der Waals surface area (Å²) in [5, 5.41) is 3.08. The molecule has 1 N–H and O–H groups in total. The highest BCUT2D eigenvalue weighted by atomic mass is 16.4. The van der Waals surface area contributed by atoms with Gasteiger partial charge >= 0.3 is 0 Å². The van der Waals surface area contributed by atoms with Crippen molar-refractivity contribution in [2.45, 2.75) is 32.6 Å². The van der Waals surface area contributed by atoms with E-state index in [0.717, 1.165) is 32.4 Å². The van der Waals surface area contributed by atoms with Gasteiger partial charge in [0.1, 0.15) is 0 Å². The molecule has 1 aromatic carbocycles. The number of piperidine rings is 1. The first-order valence-corrected chi connectivity index (χ1v) is 9.97. The Kier molecular flexibility index (Phi) is 5.55. The molecule has 1 unspecified atom stereocenters. The zero-order chi connectivity index (χ0) is 19.3. The van der Waals surface area contributed by atoms with E-state index in [1.165, 1.54) is 11.1 Å². The molecule has 2 aromatic heterocycles. The number of nitrogens with zero attached hydrogens (tertiary/aromatic N) is 3. The molecule has 1 fully saturated rings. The van der Waals surface area contributed by atoms with Crippen LogP contribution in [0.4, 0.5) is 6.01 Å². The minimum Gasteiger partial charge on any atom is -0.422 e. The number of anilines is 1. The zero-order valence-electron chi connectivity index (χ0n) is 16.2. The van der Waals surface area contributed by atoms with Crippen molar-refractivity contribution in [1.29, 1.82) is 0 Å². The molecule has 4 rings (SSSR count). The molecule has 0 radical (unpaired) electrons. The lowest BCUT2D eigenvalue weighted by molar-refractivity contribution is -0.122. The van der Waals surface area contributed by atoms with E-state index < -0.39 is 0 Å². The Balaban J connectivity index is 1.28. The first-order valence-electron chi connectivity index (χ1n) is 9.97. The van der Waals surface area contributed by atoms with Gasteiger partial charge in [-0.3, -0.25) is 4.79 Å². The molecule has 6 heteroatoms. The van der Waals surface area contributed by atoms with Gasteiger partial charge in [-0.15, -0.1) is 0 Å². The molecular weight excluding hydrogens is 352 g/mol. The Hall–Kier alpha value is -2.89. The molecule has 1 atom stereocenters. The van der Waals surface area contributed by atoms with Crippen LogP contribution in [-0.4, -0.2) is 35.5 Å². The number of carbonyl (C=O) groups is 1. The summed E-state index contributed by atoms with van der Waals surface area (Å²) in [7, 11) is 0. The Bertz CT molecular complexity index is 919. The molecule has 0 bridgehead atoms. The maximum atomic E-state index is 12.4. The Labute approximate surface area is 165 Å². The number of oxazole rings is 1. The summed E-state index contributed by atoms with van der Waals surface area (Å²) >= 11 is 0. The second-order valence-electron chi connectivity index (χ2n) is 7.51. The third kappa shape index (κ3) is 4.32. The van der Waals surface area contributed by atoms with Crippen LogP contribution in [-0.2, 0) is 11.2 Å². The van der Waals surface area contributed by atoms with E-state index in [1.807, 2.05) is 24.3 Å². The Morgan fingerprint density at radius 2 is 2.18 bits per heavy atom. The number of amides is 1. The lowest BCUT2D eigenvalue weighted by atomic mass is 9.94. The summed E-state index contributed by atoms with van der Waals surface area (Å²) < 4.78 is 5.84. The third-order valence-corrected chi connectivity index (χ3v) is 5.40. The average molecular weight is 378 g/mol. The van der Waals surface area contributed by atoms with Gasteiger partial charge in [-0.25, -0.2) is 4.98 Å². The van der Waals surface area contributed by atoms with Crippen molar-refractivity contribution in [2.75, 3.05) is 24.5 Å². The first-order chi connectivity index (χ1) is 13.7. The number of rotatable bonds is 6. The molecular formula is C22H26N4O2. The number of benzene rings is 1. The summed E-state index contributed by atoms with van der Waals surface area (Å²) in [6.45, 7) is 4.47. The molecule has 0 spiro atoms. The number of fused-ring (bicyclic) bond motifs is 1. The van der Waals surface area contributed by atoms with E-state index in [0.29, 0.717) is 36.1 Å². The molecule has 3 aromatic rings. The lowest BCUT2D eigenvalue weighted by Gasteiger charge is -2.31. The van der Waals surface area contributed by atoms with Gasteiger partial charge in [-0.05, 0) is 55.4 Å². The second-order valence-corrected chi connectivity index (χ2v) is 7.51. The van der Waals surface area contributed by atoms with E-state index in [4.69, 9.17) is 4.42 Å². The number of hydrogen-bond donors (Lipinski definition) is 1. The van der Waals surface area contributed by atoms with Crippen molar-refractivity contribution in [2.24, 2.45) is 5.92 Å². The summed E-state index contributed by atoms with van der Waals surface area (Å²) in [5.41, 5.74) is 3.89. The minimum absolute atomic E-state index is 0.125. The van der Waals surface area contributed by atoms with E-state index in [2.05, 4.69) is 39.2 Å². The number of hydrogen-bond acceptors (Lipinski definition) is 5. The van der Waals surface area contributed by atoms with Crippen molar-refractivity contribution in [3.63, 3.8) is 0 Å². The van der Waals surface area contributed by atoms with Crippen LogP contribution >= 0.6 is 0 Å². The molecule has 1 aliphatic heterocycles. The fourth-order valence-electron chi connectivity index (χ4n) is 3.86. The van der Waals surface area contributed by atoms with Crippen molar-refractivity contribution < 1.29 is 9.21 Å². The average Bonchev–Trinajstić information content (AvgIpc) is 3.14. The van der Waals surface area contributed by atoms with Gasteiger partial charge in [-0.2, -0.15) is 4.98 Å². The lowest BCUT2D eigenvalue weighted by Crippen LogP contribution is -2.38. The van der Waals surface area contributed by atoms with Gasteiger partial charge in [0.15, 0.2) is 5.58 Å². The predicted octanol–water partition coefficient (Wildman–Crippen LogP) is 3.50. The number of aromatic nitrogens is 2. The Morgan fingerprint density at radius 1 is 1.29 bits per heavy atom. The van der Waals surface area contributed by atoms with Crippen LogP contribution in [0.3, 0.4) is 0 Å². The second kappa shape index (κ2) is 8.42. The fourth-order valence-corrected chi connectivity index (χ4v) is 3.86. The third-order valence-electron chi connectivity index (χ3n) is 5.40. The first kappa shape index (κ1) is 18.5. The molecule has 6 nitrogen and oxygen atoms in total. The van der Waals surface area contributed by atoms with Crippen LogP contribution in [0.15, 0.2) is 47.0 Å². The number of pyridine rings is 1. The highest BCUT2D eigenvalue weighted by Crippen LogP contribution is 2.26. The van der Waals surface area contributed by atoms with E-state index in [-0.39, 0.29) is 5.91 Å². The molecule has 0 saturated carbocycles. The molecule has 3 heterocycles. The van der Waals surface area contributed by atoms with Crippen LogP contribution in [0.1, 0.15) is 30.4 Å². The summed E-state index contributed by atoms with van der Waals surface area (Å²) in [5.74, 6) is 0.440. The monoisotopic (exact) mass is 378 g/mol. The normalized spacial score (nSPS) is 17.0. The Morgan fingerprint density at radius 3 is 3.04 bits per heavy atom. The number of carbonyl (C=O) groups excluding carboxylic acids is 1.